The summed E-state index contributed by atoms with van der Waals surface area (Å²) in [4.78, 5) is 8.94. The Kier molecular flexibility index (Phi) is 4.60. The number of hydrogen-bond acceptors (Lipinski definition) is 4. The number of aromatic hydroxyl groups is 1. The molecule has 1 heterocycles. The Hall–Kier alpha value is -2.82. The molecular weight excluding hydrogens is 383 g/mol. The van der Waals surface area contributed by atoms with Crippen molar-refractivity contribution >= 4 is 46.2 Å². The first-order valence-electron chi connectivity index (χ1n) is 8.19. The zero-order chi connectivity index (χ0) is 19.0. The summed E-state index contributed by atoms with van der Waals surface area (Å²) in [5.41, 5.74) is 4.55. The highest BCUT2D eigenvalue weighted by Gasteiger charge is 2.09. The van der Waals surface area contributed by atoms with Crippen molar-refractivity contribution in [1.82, 2.24) is 4.98 Å². The maximum atomic E-state index is 10.0. The molecule has 0 radical (unpaired) electrons. The van der Waals surface area contributed by atoms with Crippen LogP contribution in [-0.4, -0.2) is 16.3 Å². The predicted molar refractivity (Wildman–Crippen MR) is 110 cm³/mol. The molecule has 1 aromatic heterocycles. The SMILES string of the molecule is Cc1cccc(-c2nc3cc(N=Cc4cc(Cl)cc(Cl)c4O)ccc3o2)c1. The summed E-state index contributed by atoms with van der Waals surface area (Å²) in [6.45, 7) is 2.02. The van der Waals surface area contributed by atoms with E-state index in [1.54, 1.807) is 6.07 Å². The average molecular weight is 397 g/mol. The molecule has 6 heteroatoms. The number of aliphatic imine (C=N–C) groups is 1. The number of phenolic OH excluding ortho intramolecular Hbond substituents is 1. The van der Waals surface area contributed by atoms with E-state index in [0.717, 1.165) is 11.1 Å². The second-order valence-corrected chi connectivity index (χ2v) is 6.97. The minimum absolute atomic E-state index is 0.0611. The van der Waals surface area contributed by atoms with Crippen molar-refractivity contribution in [2.45, 2.75) is 6.92 Å². The minimum Gasteiger partial charge on any atom is -0.506 e. The van der Waals surface area contributed by atoms with Gasteiger partial charge < -0.3 is 9.52 Å². The first kappa shape index (κ1) is 17.6. The van der Waals surface area contributed by atoms with Gasteiger partial charge in [-0.2, -0.15) is 0 Å². The molecule has 0 atom stereocenters. The van der Waals surface area contributed by atoms with E-state index in [-0.39, 0.29) is 10.8 Å². The van der Waals surface area contributed by atoms with E-state index in [1.807, 2.05) is 49.4 Å². The largest absolute Gasteiger partial charge is 0.506 e. The molecule has 27 heavy (non-hydrogen) atoms. The molecule has 4 rings (SSSR count). The van der Waals surface area contributed by atoms with Crippen LogP contribution in [0, 0.1) is 6.92 Å². The van der Waals surface area contributed by atoms with E-state index in [4.69, 9.17) is 27.6 Å². The van der Waals surface area contributed by atoms with E-state index in [0.29, 0.717) is 33.3 Å². The number of phenols is 1. The molecule has 0 bridgehead atoms. The van der Waals surface area contributed by atoms with Crippen LogP contribution in [0.2, 0.25) is 10.0 Å². The first-order chi connectivity index (χ1) is 13.0. The smallest absolute Gasteiger partial charge is 0.227 e. The third kappa shape index (κ3) is 3.68. The maximum Gasteiger partial charge on any atom is 0.227 e. The van der Waals surface area contributed by atoms with Crippen LogP contribution in [0.5, 0.6) is 5.75 Å². The van der Waals surface area contributed by atoms with E-state index < -0.39 is 0 Å². The van der Waals surface area contributed by atoms with Gasteiger partial charge in [-0.3, -0.25) is 4.99 Å². The predicted octanol–water partition coefficient (Wildman–Crippen LogP) is 6.57. The van der Waals surface area contributed by atoms with Gasteiger partial charge >= 0.3 is 0 Å². The highest BCUT2D eigenvalue weighted by Crippen LogP contribution is 2.31. The fourth-order valence-electron chi connectivity index (χ4n) is 2.73. The van der Waals surface area contributed by atoms with Crippen LogP contribution in [0.1, 0.15) is 11.1 Å². The average Bonchev–Trinajstić information content (AvgIpc) is 3.07. The van der Waals surface area contributed by atoms with Crippen molar-refractivity contribution in [3.8, 4) is 17.2 Å². The molecular formula is C21H14Cl2N2O2. The van der Waals surface area contributed by atoms with Crippen molar-refractivity contribution in [1.29, 1.82) is 0 Å². The zero-order valence-electron chi connectivity index (χ0n) is 14.3. The van der Waals surface area contributed by atoms with Gasteiger partial charge in [0, 0.05) is 22.4 Å². The fourth-order valence-corrected chi connectivity index (χ4v) is 3.24. The Morgan fingerprint density at radius 2 is 1.93 bits per heavy atom. The van der Waals surface area contributed by atoms with E-state index in [1.165, 1.54) is 12.3 Å². The lowest BCUT2D eigenvalue weighted by atomic mass is 10.1. The molecule has 1 N–H and O–H groups in total. The summed E-state index contributed by atoms with van der Waals surface area (Å²) >= 11 is 11.9. The van der Waals surface area contributed by atoms with E-state index >= 15 is 0 Å². The number of fused-ring (bicyclic) bond motifs is 1. The standard InChI is InChI=1S/C21H14Cl2N2O2/c1-12-3-2-4-13(7-12)21-25-18-10-16(5-6-19(18)27-21)24-11-14-8-15(22)9-17(23)20(14)26/h2-11,26H,1H3. The summed E-state index contributed by atoms with van der Waals surface area (Å²) in [6.07, 6.45) is 1.51. The number of nitrogens with zero attached hydrogens (tertiary/aromatic N) is 2. The molecule has 0 fully saturated rings. The Morgan fingerprint density at radius 1 is 1.07 bits per heavy atom. The molecule has 3 aromatic carbocycles. The molecule has 0 unspecified atom stereocenters. The van der Waals surface area contributed by atoms with Crippen LogP contribution in [0.4, 0.5) is 5.69 Å². The molecule has 0 saturated carbocycles. The maximum absolute atomic E-state index is 10.0. The number of halogens is 2. The molecule has 0 saturated heterocycles. The highest BCUT2D eigenvalue weighted by atomic mass is 35.5. The third-order valence-electron chi connectivity index (χ3n) is 4.05. The van der Waals surface area contributed by atoms with Crippen LogP contribution < -0.4 is 0 Å². The second kappa shape index (κ2) is 7.06. The number of benzene rings is 3. The van der Waals surface area contributed by atoms with Gasteiger partial charge in [0.2, 0.25) is 5.89 Å². The van der Waals surface area contributed by atoms with Gasteiger partial charge in [-0.25, -0.2) is 4.98 Å². The van der Waals surface area contributed by atoms with Crippen molar-refractivity contribution in [3.05, 3.63) is 75.8 Å². The lowest BCUT2D eigenvalue weighted by molar-refractivity contribution is 0.475. The number of hydrogen-bond donors (Lipinski definition) is 1. The van der Waals surface area contributed by atoms with Gasteiger partial charge in [0.25, 0.3) is 0 Å². The molecule has 0 aliphatic rings. The van der Waals surface area contributed by atoms with Crippen LogP contribution in [-0.2, 0) is 0 Å². The van der Waals surface area contributed by atoms with Crippen LogP contribution >= 0.6 is 23.2 Å². The first-order valence-corrected chi connectivity index (χ1v) is 8.95. The number of aromatic nitrogens is 1. The van der Waals surface area contributed by atoms with Gasteiger partial charge in [-0.15, -0.1) is 0 Å². The Morgan fingerprint density at radius 3 is 2.74 bits per heavy atom. The second-order valence-electron chi connectivity index (χ2n) is 6.12. The Bertz CT molecular complexity index is 1180. The van der Waals surface area contributed by atoms with Crippen molar-refractivity contribution in [3.63, 3.8) is 0 Å². The van der Waals surface area contributed by atoms with Gasteiger partial charge in [-0.05, 0) is 49.4 Å². The molecule has 0 spiro atoms. The number of aryl methyl sites for hydroxylation is 1. The molecule has 134 valence electrons. The summed E-state index contributed by atoms with van der Waals surface area (Å²) in [7, 11) is 0. The van der Waals surface area contributed by atoms with Gasteiger partial charge in [0.15, 0.2) is 5.58 Å². The summed E-state index contributed by atoms with van der Waals surface area (Å²) in [5.74, 6) is 0.503. The zero-order valence-corrected chi connectivity index (χ0v) is 15.8. The molecule has 0 aliphatic heterocycles. The van der Waals surface area contributed by atoms with E-state index in [2.05, 4.69) is 9.98 Å². The summed E-state index contributed by atoms with van der Waals surface area (Å²) in [5, 5.41) is 10.6. The molecule has 4 aromatic rings. The third-order valence-corrected chi connectivity index (χ3v) is 4.55. The molecule has 4 nitrogen and oxygen atoms in total. The normalized spacial score (nSPS) is 11.5. The highest BCUT2D eigenvalue weighted by molar-refractivity contribution is 6.36. The van der Waals surface area contributed by atoms with Crippen LogP contribution in [0.25, 0.3) is 22.6 Å². The lowest BCUT2D eigenvalue weighted by Gasteiger charge is -2.02. The van der Waals surface area contributed by atoms with Crippen LogP contribution in [0.3, 0.4) is 0 Å². The monoisotopic (exact) mass is 396 g/mol. The fraction of sp³-hybridized carbons (Fsp3) is 0.0476. The summed E-state index contributed by atoms with van der Waals surface area (Å²) in [6, 6.07) is 16.5. The van der Waals surface area contributed by atoms with Crippen LogP contribution in [0.15, 0.2) is 64.0 Å². The summed E-state index contributed by atoms with van der Waals surface area (Å²) < 4.78 is 5.84. The lowest BCUT2D eigenvalue weighted by Crippen LogP contribution is -1.84. The molecule has 0 aliphatic carbocycles. The minimum atomic E-state index is -0.0611. The Balaban J connectivity index is 1.68. The topological polar surface area (TPSA) is 58.6 Å². The quantitative estimate of drug-likeness (QED) is 0.398. The van der Waals surface area contributed by atoms with Crippen molar-refractivity contribution in [2.24, 2.45) is 4.99 Å². The number of rotatable bonds is 3. The van der Waals surface area contributed by atoms with Crippen molar-refractivity contribution in [2.75, 3.05) is 0 Å². The van der Waals surface area contributed by atoms with Gasteiger partial charge in [0.05, 0.1) is 10.7 Å². The van der Waals surface area contributed by atoms with Crippen molar-refractivity contribution < 1.29 is 9.52 Å². The number of oxazole rings is 1. The van der Waals surface area contributed by atoms with E-state index in [9.17, 15) is 5.11 Å². The van der Waals surface area contributed by atoms with Gasteiger partial charge in [0.1, 0.15) is 11.3 Å². The Labute approximate surface area is 165 Å². The van der Waals surface area contributed by atoms with Gasteiger partial charge in [-0.1, -0.05) is 40.9 Å². The molecule has 0 amide bonds.